The number of carbonyl (C=O) groups excluding carboxylic acids is 1. The van der Waals surface area contributed by atoms with Crippen LogP contribution in [0.5, 0.6) is 0 Å². The highest BCUT2D eigenvalue weighted by Crippen LogP contribution is 2.33. The monoisotopic (exact) mass is 231 g/mol. The molecule has 90 valence electrons. The van der Waals surface area contributed by atoms with Crippen LogP contribution < -0.4 is 5.32 Å². The second kappa shape index (κ2) is 4.72. The Labute approximate surface area is 101 Å². The van der Waals surface area contributed by atoms with Crippen LogP contribution in [-0.2, 0) is 4.79 Å². The van der Waals surface area contributed by atoms with Gasteiger partial charge in [0, 0.05) is 5.69 Å². The first kappa shape index (κ1) is 11.9. The molecule has 0 saturated heterocycles. The van der Waals surface area contributed by atoms with Crippen molar-refractivity contribution < 1.29 is 9.90 Å². The van der Waals surface area contributed by atoms with Crippen LogP contribution in [0, 0.1) is 12.8 Å². The molecule has 1 saturated carbocycles. The van der Waals surface area contributed by atoms with Gasteiger partial charge in [-0.2, -0.15) is 0 Å². The maximum absolute atomic E-state index is 11.7. The number of aliphatic hydroxyl groups is 1. The number of anilines is 1. The summed E-state index contributed by atoms with van der Waals surface area (Å²) in [7, 11) is 0. The van der Waals surface area contributed by atoms with Crippen molar-refractivity contribution in [2.45, 2.75) is 25.9 Å². The van der Waals surface area contributed by atoms with Gasteiger partial charge in [0.05, 0.1) is 0 Å². The number of carbonyl (C=O) groups is 1. The molecule has 1 aliphatic rings. The normalized spacial score (nSPS) is 16.4. The molecule has 1 unspecified atom stereocenters. The van der Waals surface area contributed by atoms with Gasteiger partial charge in [-0.25, -0.2) is 0 Å². The van der Waals surface area contributed by atoms with Crippen LogP contribution in [0.2, 0.25) is 0 Å². The van der Waals surface area contributed by atoms with Gasteiger partial charge in [-0.1, -0.05) is 18.7 Å². The smallest absolute Gasteiger partial charge is 0.253 e. The molecule has 1 aromatic rings. The third-order valence-electron chi connectivity index (χ3n) is 3.09. The summed E-state index contributed by atoms with van der Waals surface area (Å²) in [5.41, 5.74) is 2.82. The zero-order valence-electron chi connectivity index (χ0n) is 9.94. The summed E-state index contributed by atoms with van der Waals surface area (Å²) in [6.45, 7) is 5.68. The molecule has 17 heavy (non-hydrogen) atoms. The molecular weight excluding hydrogens is 214 g/mol. The summed E-state index contributed by atoms with van der Waals surface area (Å²) in [5.74, 6) is -0.151. The lowest BCUT2D eigenvalue weighted by Gasteiger charge is -2.11. The Kier molecular flexibility index (Phi) is 3.29. The average Bonchev–Trinajstić information content (AvgIpc) is 3.12. The molecule has 1 amide bonds. The van der Waals surface area contributed by atoms with E-state index >= 15 is 0 Å². The fourth-order valence-electron chi connectivity index (χ4n) is 1.82. The molecule has 3 heteroatoms. The number of hydrogen-bond acceptors (Lipinski definition) is 2. The van der Waals surface area contributed by atoms with Crippen molar-refractivity contribution in [1.29, 1.82) is 0 Å². The number of nitrogens with one attached hydrogen (secondary N) is 1. The van der Waals surface area contributed by atoms with Crippen molar-refractivity contribution >= 4 is 17.7 Å². The van der Waals surface area contributed by atoms with Crippen molar-refractivity contribution in [3.63, 3.8) is 0 Å². The van der Waals surface area contributed by atoms with E-state index in [4.69, 9.17) is 0 Å². The summed E-state index contributed by atoms with van der Waals surface area (Å²) in [4.78, 5) is 11.7. The largest absolute Gasteiger partial charge is 0.383 e. The van der Waals surface area contributed by atoms with Crippen LogP contribution in [0.25, 0.3) is 6.08 Å². The third kappa shape index (κ3) is 2.74. The lowest BCUT2D eigenvalue weighted by atomic mass is 10.1. The van der Waals surface area contributed by atoms with Crippen LogP contribution >= 0.6 is 0 Å². The van der Waals surface area contributed by atoms with Gasteiger partial charge in [0.2, 0.25) is 0 Å². The van der Waals surface area contributed by atoms with E-state index in [-0.39, 0.29) is 11.8 Å². The average molecular weight is 231 g/mol. The van der Waals surface area contributed by atoms with Gasteiger partial charge >= 0.3 is 0 Å². The highest BCUT2D eigenvalue weighted by molar-refractivity contribution is 5.94. The number of amides is 1. The van der Waals surface area contributed by atoms with Crippen LogP contribution in [0.1, 0.15) is 24.0 Å². The maximum atomic E-state index is 11.7. The van der Waals surface area contributed by atoms with E-state index in [0.29, 0.717) is 0 Å². The summed E-state index contributed by atoms with van der Waals surface area (Å²) in [6, 6.07) is 5.61. The quantitative estimate of drug-likeness (QED) is 0.835. The molecular formula is C14H17NO2. The molecule has 1 aromatic carbocycles. The Bertz CT molecular complexity index is 450. The van der Waals surface area contributed by atoms with Crippen LogP contribution in [0.4, 0.5) is 5.69 Å². The van der Waals surface area contributed by atoms with E-state index in [1.807, 2.05) is 25.1 Å². The van der Waals surface area contributed by atoms with E-state index in [2.05, 4.69) is 11.9 Å². The molecule has 0 aliphatic heterocycles. The molecule has 0 radical (unpaired) electrons. The van der Waals surface area contributed by atoms with Crippen molar-refractivity contribution in [3.8, 4) is 0 Å². The molecule has 0 aromatic heterocycles. The number of hydrogen-bond donors (Lipinski definition) is 2. The fraction of sp³-hybridized carbons (Fsp3) is 0.357. The van der Waals surface area contributed by atoms with E-state index in [1.165, 1.54) is 0 Å². The van der Waals surface area contributed by atoms with Gasteiger partial charge in [-0.15, -0.1) is 0 Å². The second-order valence-electron chi connectivity index (χ2n) is 4.55. The molecule has 3 nitrogen and oxygen atoms in total. The SMILES string of the molecule is C=Cc1ccc(NC(=O)C(O)C2CC2)cc1C. The van der Waals surface area contributed by atoms with E-state index in [1.54, 1.807) is 6.08 Å². The van der Waals surface area contributed by atoms with Crippen LogP contribution in [0.3, 0.4) is 0 Å². The minimum absolute atomic E-state index is 0.156. The lowest BCUT2D eigenvalue weighted by molar-refractivity contribution is -0.124. The highest BCUT2D eigenvalue weighted by Gasteiger charge is 2.34. The summed E-state index contributed by atoms with van der Waals surface area (Å²) in [5, 5.41) is 12.4. The molecule has 2 rings (SSSR count). The first-order chi connectivity index (χ1) is 8.11. The van der Waals surface area contributed by atoms with E-state index < -0.39 is 6.10 Å². The van der Waals surface area contributed by atoms with Gasteiger partial charge < -0.3 is 10.4 Å². The Morgan fingerprint density at radius 2 is 2.29 bits per heavy atom. The van der Waals surface area contributed by atoms with Crippen molar-refractivity contribution in [1.82, 2.24) is 0 Å². The topological polar surface area (TPSA) is 49.3 Å². The zero-order chi connectivity index (χ0) is 12.4. The Morgan fingerprint density at radius 1 is 1.59 bits per heavy atom. The summed E-state index contributed by atoms with van der Waals surface area (Å²) < 4.78 is 0. The summed E-state index contributed by atoms with van der Waals surface area (Å²) >= 11 is 0. The minimum Gasteiger partial charge on any atom is -0.383 e. The molecule has 2 N–H and O–H groups in total. The number of benzene rings is 1. The first-order valence-electron chi connectivity index (χ1n) is 5.84. The molecule has 1 fully saturated rings. The number of aryl methyl sites for hydroxylation is 1. The lowest BCUT2D eigenvalue weighted by Crippen LogP contribution is -2.29. The van der Waals surface area contributed by atoms with Crippen LogP contribution in [-0.4, -0.2) is 17.1 Å². The number of rotatable bonds is 4. The predicted molar refractivity (Wildman–Crippen MR) is 68.6 cm³/mol. The van der Waals surface area contributed by atoms with Gasteiger partial charge in [0.25, 0.3) is 5.91 Å². The maximum Gasteiger partial charge on any atom is 0.253 e. The Hall–Kier alpha value is -1.61. The van der Waals surface area contributed by atoms with Gasteiger partial charge in [0.1, 0.15) is 6.10 Å². The van der Waals surface area contributed by atoms with Crippen molar-refractivity contribution in [2.75, 3.05) is 5.32 Å². The van der Waals surface area contributed by atoms with Gasteiger partial charge in [0.15, 0.2) is 0 Å². The van der Waals surface area contributed by atoms with Crippen LogP contribution in [0.15, 0.2) is 24.8 Å². The van der Waals surface area contributed by atoms with E-state index in [9.17, 15) is 9.90 Å². The Balaban J connectivity index is 2.05. The van der Waals surface area contributed by atoms with Gasteiger partial charge in [-0.05, 0) is 48.9 Å². The standard InChI is InChI=1S/C14H17NO2/c1-3-10-6-7-12(8-9(10)2)15-14(17)13(16)11-4-5-11/h3,6-8,11,13,16H,1,4-5H2,2H3,(H,15,17). The molecule has 0 heterocycles. The molecule has 1 aliphatic carbocycles. The fourth-order valence-corrected chi connectivity index (χ4v) is 1.82. The predicted octanol–water partition coefficient (Wildman–Crippen LogP) is 2.35. The van der Waals surface area contributed by atoms with Crippen molar-refractivity contribution in [3.05, 3.63) is 35.9 Å². The summed E-state index contributed by atoms with van der Waals surface area (Å²) in [6.07, 6.45) is 2.81. The second-order valence-corrected chi connectivity index (χ2v) is 4.55. The number of aliphatic hydroxyl groups excluding tert-OH is 1. The molecule has 1 atom stereocenters. The third-order valence-corrected chi connectivity index (χ3v) is 3.09. The first-order valence-corrected chi connectivity index (χ1v) is 5.84. The zero-order valence-corrected chi connectivity index (χ0v) is 9.94. The van der Waals surface area contributed by atoms with Crippen molar-refractivity contribution in [2.24, 2.45) is 5.92 Å². The van der Waals surface area contributed by atoms with E-state index in [0.717, 1.165) is 29.7 Å². The Morgan fingerprint density at radius 3 is 2.82 bits per heavy atom. The highest BCUT2D eigenvalue weighted by atomic mass is 16.3. The molecule has 0 spiro atoms. The minimum atomic E-state index is -0.866. The molecule has 0 bridgehead atoms. The van der Waals surface area contributed by atoms with Gasteiger partial charge in [-0.3, -0.25) is 4.79 Å².